The molecule has 1 amide bonds. The standard InChI is InChI=1S/C21H22N2O2/c1-14(2)25-20-11-6-5-9-17(20)12-18(13-22)21(24)23-19-10-7-8-15(3)16(19)4/h5-12,14H,1-4H3,(H,23,24)/b18-12+. The van der Waals surface area contributed by atoms with Crippen molar-refractivity contribution in [1.29, 1.82) is 5.26 Å². The zero-order valence-corrected chi connectivity index (χ0v) is 15.0. The molecular weight excluding hydrogens is 312 g/mol. The van der Waals surface area contributed by atoms with E-state index in [-0.39, 0.29) is 11.7 Å². The van der Waals surface area contributed by atoms with Crippen LogP contribution < -0.4 is 10.1 Å². The molecule has 0 aliphatic heterocycles. The third-order valence-corrected chi connectivity index (χ3v) is 3.80. The van der Waals surface area contributed by atoms with Gasteiger partial charge < -0.3 is 10.1 Å². The Hall–Kier alpha value is -3.06. The Morgan fingerprint density at radius 3 is 2.56 bits per heavy atom. The van der Waals surface area contributed by atoms with E-state index in [1.54, 1.807) is 6.08 Å². The summed E-state index contributed by atoms with van der Waals surface area (Å²) in [6.45, 7) is 7.77. The van der Waals surface area contributed by atoms with E-state index in [1.165, 1.54) is 0 Å². The highest BCUT2D eigenvalue weighted by molar-refractivity contribution is 6.10. The SMILES string of the molecule is Cc1cccc(NC(=O)/C(C#N)=C/c2ccccc2OC(C)C)c1C. The van der Waals surface area contributed by atoms with Gasteiger partial charge in [-0.25, -0.2) is 0 Å². The van der Waals surface area contributed by atoms with Gasteiger partial charge in [0.25, 0.3) is 5.91 Å². The summed E-state index contributed by atoms with van der Waals surface area (Å²) in [6, 6.07) is 15.0. The molecule has 4 nitrogen and oxygen atoms in total. The molecule has 2 rings (SSSR count). The molecule has 2 aromatic carbocycles. The predicted molar refractivity (Wildman–Crippen MR) is 100 cm³/mol. The van der Waals surface area contributed by atoms with Crippen molar-refractivity contribution >= 4 is 17.7 Å². The van der Waals surface area contributed by atoms with E-state index < -0.39 is 5.91 Å². The molecule has 0 unspecified atom stereocenters. The smallest absolute Gasteiger partial charge is 0.266 e. The first-order chi connectivity index (χ1) is 11.9. The molecule has 0 saturated carbocycles. The van der Waals surface area contributed by atoms with E-state index in [9.17, 15) is 10.1 Å². The molecule has 0 radical (unpaired) electrons. The third-order valence-electron chi connectivity index (χ3n) is 3.80. The number of para-hydroxylation sites is 1. The Kier molecular flexibility index (Phi) is 5.97. The van der Waals surface area contributed by atoms with E-state index >= 15 is 0 Å². The first-order valence-corrected chi connectivity index (χ1v) is 8.17. The quantitative estimate of drug-likeness (QED) is 0.640. The minimum absolute atomic E-state index is 0.00357. The number of aryl methyl sites for hydroxylation is 1. The molecule has 4 heteroatoms. The minimum atomic E-state index is -0.435. The predicted octanol–water partition coefficient (Wildman–Crippen LogP) is 4.64. The van der Waals surface area contributed by atoms with Crippen LogP contribution in [0.2, 0.25) is 0 Å². The van der Waals surface area contributed by atoms with Crippen molar-refractivity contribution in [2.24, 2.45) is 0 Å². The number of benzene rings is 2. The van der Waals surface area contributed by atoms with E-state index in [1.807, 2.05) is 76.2 Å². The molecule has 0 aromatic heterocycles. The second-order valence-corrected chi connectivity index (χ2v) is 6.08. The van der Waals surface area contributed by atoms with Crippen LogP contribution in [0.15, 0.2) is 48.0 Å². The molecule has 25 heavy (non-hydrogen) atoms. The number of ether oxygens (including phenoxy) is 1. The van der Waals surface area contributed by atoms with Crippen molar-refractivity contribution in [3.8, 4) is 11.8 Å². The summed E-state index contributed by atoms with van der Waals surface area (Å²) in [5, 5.41) is 12.2. The fraction of sp³-hybridized carbons (Fsp3) is 0.238. The molecule has 2 aromatic rings. The molecule has 0 fully saturated rings. The van der Waals surface area contributed by atoms with Crippen LogP contribution in [-0.4, -0.2) is 12.0 Å². The average molecular weight is 334 g/mol. The summed E-state index contributed by atoms with van der Waals surface area (Å²) >= 11 is 0. The summed E-state index contributed by atoms with van der Waals surface area (Å²) in [4.78, 5) is 12.5. The van der Waals surface area contributed by atoms with Crippen molar-refractivity contribution < 1.29 is 9.53 Å². The number of hydrogen-bond donors (Lipinski definition) is 1. The van der Waals surface area contributed by atoms with Gasteiger partial charge in [-0.1, -0.05) is 30.3 Å². The number of anilines is 1. The summed E-state index contributed by atoms with van der Waals surface area (Å²) in [6.07, 6.45) is 1.56. The molecule has 0 aliphatic carbocycles. The number of carbonyl (C=O) groups excluding carboxylic acids is 1. The average Bonchev–Trinajstić information content (AvgIpc) is 2.57. The van der Waals surface area contributed by atoms with Crippen LogP contribution in [0.3, 0.4) is 0 Å². The highest BCUT2D eigenvalue weighted by Crippen LogP contribution is 2.23. The van der Waals surface area contributed by atoms with Gasteiger partial charge in [0.2, 0.25) is 0 Å². The number of nitriles is 1. The van der Waals surface area contributed by atoms with Crippen molar-refractivity contribution in [2.75, 3.05) is 5.32 Å². The normalized spacial score (nSPS) is 11.1. The largest absolute Gasteiger partial charge is 0.490 e. The van der Waals surface area contributed by atoms with Crippen molar-refractivity contribution in [1.82, 2.24) is 0 Å². The van der Waals surface area contributed by atoms with Crippen LogP contribution in [0.4, 0.5) is 5.69 Å². The van der Waals surface area contributed by atoms with Crippen LogP contribution in [0.1, 0.15) is 30.5 Å². The number of nitrogens with one attached hydrogen (secondary N) is 1. The van der Waals surface area contributed by atoms with Crippen molar-refractivity contribution in [3.63, 3.8) is 0 Å². The number of rotatable bonds is 5. The van der Waals surface area contributed by atoms with Gasteiger partial charge in [-0.3, -0.25) is 4.79 Å². The lowest BCUT2D eigenvalue weighted by Crippen LogP contribution is -2.14. The van der Waals surface area contributed by atoms with Gasteiger partial charge in [0, 0.05) is 11.3 Å². The van der Waals surface area contributed by atoms with Crippen LogP contribution in [0.25, 0.3) is 6.08 Å². The molecule has 0 heterocycles. The lowest BCUT2D eigenvalue weighted by atomic mass is 10.1. The van der Waals surface area contributed by atoms with Gasteiger partial charge in [-0.2, -0.15) is 5.26 Å². The van der Waals surface area contributed by atoms with E-state index in [2.05, 4.69) is 5.32 Å². The van der Waals surface area contributed by atoms with Gasteiger partial charge in [0.15, 0.2) is 0 Å². The lowest BCUT2D eigenvalue weighted by Gasteiger charge is -2.13. The van der Waals surface area contributed by atoms with Crippen LogP contribution in [0.5, 0.6) is 5.75 Å². The maximum Gasteiger partial charge on any atom is 0.266 e. The second kappa shape index (κ2) is 8.16. The number of amides is 1. The first kappa shape index (κ1) is 18.3. The van der Waals surface area contributed by atoms with Crippen LogP contribution >= 0.6 is 0 Å². The first-order valence-electron chi connectivity index (χ1n) is 8.17. The van der Waals surface area contributed by atoms with Crippen molar-refractivity contribution in [2.45, 2.75) is 33.8 Å². The summed E-state index contributed by atoms with van der Waals surface area (Å²) < 4.78 is 5.74. The summed E-state index contributed by atoms with van der Waals surface area (Å²) in [5.41, 5.74) is 3.50. The fourth-order valence-corrected chi connectivity index (χ4v) is 2.34. The van der Waals surface area contributed by atoms with Crippen molar-refractivity contribution in [3.05, 3.63) is 64.7 Å². The topological polar surface area (TPSA) is 62.1 Å². The van der Waals surface area contributed by atoms with Crippen LogP contribution in [0, 0.1) is 25.2 Å². The third kappa shape index (κ3) is 4.71. The van der Waals surface area contributed by atoms with Gasteiger partial charge >= 0.3 is 0 Å². The lowest BCUT2D eigenvalue weighted by molar-refractivity contribution is -0.112. The zero-order chi connectivity index (χ0) is 18.4. The highest BCUT2D eigenvalue weighted by atomic mass is 16.5. The summed E-state index contributed by atoms with van der Waals surface area (Å²) in [5.74, 6) is 0.209. The number of carbonyl (C=O) groups is 1. The van der Waals surface area contributed by atoms with Gasteiger partial charge in [0.1, 0.15) is 17.4 Å². The van der Waals surface area contributed by atoms with Gasteiger partial charge in [-0.15, -0.1) is 0 Å². The molecule has 128 valence electrons. The molecule has 0 bridgehead atoms. The Labute approximate surface area is 148 Å². The van der Waals surface area contributed by atoms with E-state index in [0.29, 0.717) is 17.0 Å². The maximum absolute atomic E-state index is 12.5. The highest BCUT2D eigenvalue weighted by Gasteiger charge is 2.13. The molecule has 0 aliphatic rings. The minimum Gasteiger partial charge on any atom is -0.490 e. The van der Waals surface area contributed by atoms with Crippen LogP contribution in [-0.2, 0) is 4.79 Å². The molecule has 0 saturated heterocycles. The Morgan fingerprint density at radius 1 is 1.16 bits per heavy atom. The number of hydrogen-bond acceptors (Lipinski definition) is 3. The molecule has 1 N–H and O–H groups in total. The van der Waals surface area contributed by atoms with Gasteiger partial charge in [-0.05, 0) is 57.0 Å². The number of nitrogens with zero attached hydrogens (tertiary/aromatic N) is 1. The monoisotopic (exact) mass is 334 g/mol. The Morgan fingerprint density at radius 2 is 1.88 bits per heavy atom. The zero-order valence-electron chi connectivity index (χ0n) is 15.0. The van der Waals surface area contributed by atoms with E-state index in [0.717, 1.165) is 11.1 Å². The Bertz CT molecular complexity index is 845. The Balaban J connectivity index is 2.30. The summed E-state index contributed by atoms with van der Waals surface area (Å²) in [7, 11) is 0. The molecule has 0 atom stereocenters. The van der Waals surface area contributed by atoms with E-state index in [4.69, 9.17) is 4.74 Å². The van der Waals surface area contributed by atoms with Gasteiger partial charge in [0.05, 0.1) is 6.10 Å². The molecule has 0 spiro atoms. The maximum atomic E-state index is 12.5. The second-order valence-electron chi connectivity index (χ2n) is 6.08. The fourth-order valence-electron chi connectivity index (χ4n) is 2.34. The molecular formula is C21H22N2O2.